The number of hydrogen-bond acceptors (Lipinski definition) is 7. The first-order chi connectivity index (χ1) is 18.4. The number of ether oxygens (including phenoxy) is 1. The molecule has 1 amide bonds. The number of aryl methyl sites for hydroxylation is 1. The molecule has 0 fully saturated rings. The maximum atomic E-state index is 13.6. The van der Waals surface area contributed by atoms with Crippen LogP contribution < -0.4 is 4.90 Å². The van der Waals surface area contributed by atoms with Gasteiger partial charge in [0.25, 0.3) is 0 Å². The molecule has 0 spiro atoms. The van der Waals surface area contributed by atoms with Gasteiger partial charge in [-0.15, -0.1) is 11.3 Å². The number of hydrogen-bond donors (Lipinski definition) is 0. The van der Waals surface area contributed by atoms with Crippen LogP contribution in [0.4, 0.5) is 11.4 Å². The number of anilines is 2. The molecule has 0 unspecified atom stereocenters. The molecule has 1 aliphatic rings. The van der Waals surface area contributed by atoms with Gasteiger partial charge in [0.15, 0.2) is 0 Å². The third-order valence-electron chi connectivity index (χ3n) is 6.83. The van der Waals surface area contributed by atoms with Crippen molar-refractivity contribution < 1.29 is 9.53 Å². The third-order valence-corrected chi connectivity index (χ3v) is 9.01. The number of amides is 1. The fourth-order valence-electron chi connectivity index (χ4n) is 5.03. The van der Waals surface area contributed by atoms with Gasteiger partial charge >= 0.3 is 0 Å². The number of nitrogens with zero attached hydrogens (tertiary/aromatic N) is 4. The molecular formula is C30H28N4O2S2. The van der Waals surface area contributed by atoms with Crippen molar-refractivity contribution >= 4 is 60.8 Å². The molecule has 6 rings (SSSR count). The lowest BCUT2D eigenvalue weighted by atomic mass is 9.89. The zero-order chi connectivity index (χ0) is 26.3. The summed E-state index contributed by atoms with van der Waals surface area (Å²) < 4.78 is 7.12. The summed E-state index contributed by atoms with van der Waals surface area (Å²) in [6.45, 7) is 6.98. The van der Waals surface area contributed by atoms with E-state index in [9.17, 15) is 4.79 Å². The highest BCUT2D eigenvalue weighted by molar-refractivity contribution is 8.00. The van der Waals surface area contributed by atoms with Crippen molar-refractivity contribution in [2.24, 2.45) is 0 Å². The van der Waals surface area contributed by atoms with E-state index in [-0.39, 0.29) is 17.3 Å². The average molecular weight is 541 g/mol. The van der Waals surface area contributed by atoms with Crippen LogP contribution in [-0.4, -0.2) is 32.2 Å². The number of aromatic nitrogens is 3. The van der Waals surface area contributed by atoms with Gasteiger partial charge in [0.05, 0.1) is 28.2 Å². The van der Waals surface area contributed by atoms with Crippen LogP contribution in [0.25, 0.3) is 20.4 Å². The largest absolute Gasteiger partial charge is 0.370 e. The van der Waals surface area contributed by atoms with Crippen LogP contribution in [-0.2, 0) is 29.0 Å². The SMILES string of the molecule is CCc1nc2sc3c(SCC(=O)N(c4ccccc4)c4ccccc4)ncnc3c2c2c1COC(C)(C)C2. The zero-order valence-corrected chi connectivity index (χ0v) is 23.2. The predicted molar refractivity (Wildman–Crippen MR) is 155 cm³/mol. The molecule has 0 bridgehead atoms. The molecule has 3 aromatic heterocycles. The summed E-state index contributed by atoms with van der Waals surface area (Å²) in [5, 5.41) is 1.92. The Morgan fingerprint density at radius 2 is 1.71 bits per heavy atom. The molecule has 0 radical (unpaired) electrons. The van der Waals surface area contributed by atoms with Gasteiger partial charge in [-0.2, -0.15) is 0 Å². The van der Waals surface area contributed by atoms with Crippen molar-refractivity contribution in [3.05, 3.63) is 83.8 Å². The molecule has 0 saturated carbocycles. The molecule has 6 nitrogen and oxygen atoms in total. The van der Waals surface area contributed by atoms with Gasteiger partial charge in [-0.1, -0.05) is 55.1 Å². The summed E-state index contributed by atoms with van der Waals surface area (Å²) in [4.78, 5) is 30.7. The summed E-state index contributed by atoms with van der Waals surface area (Å²) in [6, 6.07) is 19.5. The molecule has 38 heavy (non-hydrogen) atoms. The lowest BCUT2D eigenvalue weighted by molar-refractivity contribution is -0.115. The fraction of sp³-hybridized carbons (Fsp3) is 0.267. The maximum absolute atomic E-state index is 13.6. The van der Waals surface area contributed by atoms with Gasteiger partial charge in [-0.05, 0) is 50.1 Å². The molecule has 5 aromatic rings. The molecule has 192 valence electrons. The Morgan fingerprint density at radius 1 is 1.03 bits per heavy atom. The number of carbonyl (C=O) groups excluding carboxylic acids is 1. The summed E-state index contributed by atoms with van der Waals surface area (Å²) >= 11 is 3.07. The second-order valence-electron chi connectivity index (χ2n) is 9.92. The van der Waals surface area contributed by atoms with E-state index in [1.165, 1.54) is 22.9 Å². The molecule has 2 aromatic carbocycles. The standard InChI is InChI=1S/C30H28N4O2S2/c1-4-23-22-16-36-30(2,3)15-21(22)25-26-27(38-28(25)33-23)29(32-18-31-26)37-17-24(35)34(19-11-7-5-8-12-19)20-13-9-6-10-14-20/h5-14,18H,4,15-17H2,1-3H3. The molecular weight excluding hydrogens is 512 g/mol. The first-order valence-electron chi connectivity index (χ1n) is 12.7. The van der Waals surface area contributed by atoms with Gasteiger partial charge < -0.3 is 4.74 Å². The van der Waals surface area contributed by atoms with Crippen LogP contribution in [0.1, 0.15) is 37.6 Å². The van der Waals surface area contributed by atoms with Crippen molar-refractivity contribution in [2.75, 3.05) is 10.7 Å². The number of fused-ring (bicyclic) bond motifs is 5. The minimum atomic E-state index is -0.240. The minimum absolute atomic E-state index is 0.0112. The van der Waals surface area contributed by atoms with E-state index in [1.807, 2.05) is 60.7 Å². The quantitative estimate of drug-likeness (QED) is 0.169. The van der Waals surface area contributed by atoms with E-state index in [4.69, 9.17) is 14.7 Å². The van der Waals surface area contributed by atoms with Crippen LogP contribution >= 0.6 is 23.1 Å². The van der Waals surface area contributed by atoms with Crippen LogP contribution in [0.5, 0.6) is 0 Å². The van der Waals surface area contributed by atoms with Gasteiger partial charge in [0.1, 0.15) is 16.2 Å². The summed E-state index contributed by atoms with van der Waals surface area (Å²) in [5.41, 5.74) is 5.94. The number of rotatable bonds is 6. The lowest BCUT2D eigenvalue weighted by Crippen LogP contribution is -2.32. The van der Waals surface area contributed by atoms with Crippen molar-refractivity contribution in [1.29, 1.82) is 0 Å². The second-order valence-corrected chi connectivity index (χ2v) is 11.9. The Balaban J connectivity index is 1.37. The molecule has 8 heteroatoms. The van der Waals surface area contributed by atoms with Crippen molar-refractivity contribution in [1.82, 2.24) is 15.0 Å². The van der Waals surface area contributed by atoms with Gasteiger partial charge in [0.2, 0.25) is 5.91 Å². The van der Waals surface area contributed by atoms with Gasteiger partial charge in [-0.3, -0.25) is 9.69 Å². The molecule has 0 saturated heterocycles. The summed E-state index contributed by atoms with van der Waals surface area (Å²) in [7, 11) is 0. The fourth-order valence-corrected chi connectivity index (χ4v) is 7.14. The van der Waals surface area contributed by atoms with E-state index >= 15 is 0 Å². The molecule has 4 heterocycles. The van der Waals surface area contributed by atoms with Gasteiger partial charge in [0, 0.05) is 34.4 Å². The topological polar surface area (TPSA) is 68.2 Å². The Bertz CT molecular complexity index is 1600. The lowest BCUT2D eigenvalue weighted by Gasteiger charge is -2.33. The minimum Gasteiger partial charge on any atom is -0.370 e. The van der Waals surface area contributed by atoms with E-state index in [0.29, 0.717) is 6.61 Å². The number of carbonyl (C=O) groups is 1. The van der Waals surface area contributed by atoms with Gasteiger partial charge in [-0.25, -0.2) is 15.0 Å². The summed E-state index contributed by atoms with van der Waals surface area (Å²) in [6.07, 6.45) is 3.28. The Morgan fingerprint density at radius 3 is 2.37 bits per heavy atom. The highest BCUT2D eigenvalue weighted by atomic mass is 32.2. The number of benzene rings is 2. The number of pyridine rings is 1. The van der Waals surface area contributed by atoms with Crippen LogP contribution in [0.2, 0.25) is 0 Å². The second kappa shape index (κ2) is 10.1. The predicted octanol–water partition coefficient (Wildman–Crippen LogP) is 7.11. The Labute approximate surface area is 230 Å². The third kappa shape index (κ3) is 4.57. The van der Waals surface area contributed by atoms with Crippen molar-refractivity contribution in [3.63, 3.8) is 0 Å². The van der Waals surface area contributed by atoms with E-state index in [0.717, 1.165) is 55.4 Å². The summed E-state index contributed by atoms with van der Waals surface area (Å²) in [5.74, 6) is 0.236. The molecule has 0 aliphatic carbocycles. The maximum Gasteiger partial charge on any atom is 0.241 e. The Hall–Kier alpha value is -3.33. The van der Waals surface area contributed by atoms with Crippen LogP contribution in [0.15, 0.2) is 72.0 Å². The monoisotopic (exact) mass is 540 g/mol. The average Bonchev–Trinajstić information content (AvgIpc) is 3.31. The molecule has 0 N–H and O–H groups in total. The van der Waals surface area contributed by atoms with Crippen molar-refractivity contribution in [3.8, 4) is 0 Å². The smallest absolute Gasteiger partial charge is 0.241 e. The normalized spacial score (nSPS) is 14.5. The Kier molecular flexibility index (Phi) is 6.63. The van der Waals surface area contributed by atoms with E-state index in [2.05, 4.69) is 25.8 Å². The highest BCUT2D eigenvalue weighted by Gasteiger charge is 2.31. The number of para-hydroxylation sites is 2. The first-order valence-corrected chi connectivity index (χ1v) is 14.5. The highest BCUT2D eigenvalue weighted by Crippen LogP contribution is 2.43. The first kappa shape index (κ1) is 25.0. The van der Waals surface area contributed by atoms with Crippen molar-refractivity contribution in [2.45, 2.75) is 50.8 Å². The number of thioether (sulfide) groups is 1. The van der Waals surface area contributed by atoms with E-state index in [1.54, 1.807) is 22.6 Å². The number of thiophene rings is 1. The van der Waals surface area contributed by atoms with Crippen LogP contribution in [0.3, 0.4) is 0 Å². The van der Waals surface area contributed by atoms with E-state index < -0.39 is 0 Å². The molecule has 0 atom stereocenters. The molecule has 1 aliphatic heterocycles. The zero-order valence-electron chi connectivity index (χ0n) is 21.6. The van der Waals surface area contributed by atoms with Crippen LogP contribution in [0, 0.1) is 0 Å².